The lowest BCUT2D eigenvalue weighted by Crippen LogP contribution is -1.70. The lowest BCUT2D eigenvalue weighted by molar-refractivity contribution is 1.09. The molecule has 1 aromatic carbocycles. The maximum Gasteiger partial charge on any atom is 0.0775 e. The Labute approximate surface area is 108 Å². The molecule has 0 saturated heterocycles. The molecule has 0 aliphatic rings. The second-order valence-electron chi connectivity index (χ2n) is 3.73. The van der Waals surface area contributed by atoms with E-state index in [9.17, 15) is 0 Å². The topological polar surface area (TPSA) is 0 Å². The normalized spacial score (nSPS) is 8.65. The molecule has 0 aliphatic carbocycles. The summed E-state index contributed by atoms with van der Waals surface area (Å²) >= 11 is 1.73. The number of benzene rings is 1. The Kier molecular flexibility index (Phi) is 6.14. The number of aryl methyl sites for hydroxylation is 1. The second kappa shape index (κ2) is 7.70. The molecule has 88 valence electrons. The van der Waals surface area contributed by atoms with Gasteiger partial charge in [-0.1, -0.05) is 50.3 Å². The van der Waals surface area contributed by atoms with E-state index in [1.54, 1.807) is 11.3 Å². The van der Waals surface area contributed by atoms with Crippen LogP contribution in [0.5, 0.6) is 0 Å². The third kappa shape index (κ3) is 5.38. The molecule has 1 aromatic heterocycles. The van der Waals surface area contributed by atoms with Crippen molar-refractivity contribution in [3.05, 3.63) is 57.8 Å². The molecule has 0 N–H and O–H groups in total. The van der Waals surface area contributed by atoms with Gasteiger partial charge in [-0.25, -0.2) is 0 Å². The first-order valence-electron chi connectivity index (χ1n) is 5.89. The van der Waals surface area contributed by atoms with Gasteiger partial charge in [-0.2, -0.15) is 0 Å². The maximum atomic E-state index is 3.15. The first-order chi connectivity index (χ1) is 8.26. The van der Waals surface area contributed by atoms with E-state index >= 15 is 0 Å². The van der Waals surface area contributed by atoms with E-state index in [0.717, 1.165) is 10.4 Å². The summed E-state index contributed by atoms with van der Waals surface area (Å²) in [5.74, 6) is 6.28. The number of rotatable bonds is 0. The minimum Gasteiger partial charge on any atom is -0.132 e. The van der Waals surface area contributed by atoms with Gasteiger partial charge in [0, 0.05) is 10.4 Å². The van der Waals surface area contributed by atoms with Crippen molar-refractivity contribution in [3.8, 4) is 11.8 Å². The van der Waals surface area contributed by atoms with Gasteiger partial charge in [0.25, 0.3) is 0 Å². The Balaban J connectivity index is 0.000000437. The Morgan fingerprint density at radius 1 is 0.941 bits per heavy atom. The van der Waals surface area contributed by atoms with Gasteiger partial charge in [-0.05, 0) is 31.2 Å². The first kappa shape index (κ1) is 13.5. The molecular weight excluding hydrogens is 224 g/mol. The molecule has 0 fully saturated rings. The van der Waals surface area contributed by atoms with Crippen molar-refractivity contribution in [3.63, 3.8) is 0 Å². The van der Waals surface area contributed by atoms with Crippen LogP contribution in [0.4, 0.5) is 0 Å². The summed E-state index contributed by atoms with van der Waals surface area (Å²) in [4.78, 5) is 2.44. The van der Waals surface area contributed by atoms with Crippen molar-refractivity contribution in [2.75, 3.05) is 0 Å². The van der Waals surface area contributed by atoms with Gasteiger partial charge in [-0.15, -0.1) is 11.3 Å². The molecule has 0 unspecified atom stereocenters. The number of thiophene rings is 1. The average molecular weight is 242 g/mol. The summed E-state index contributed by atoms with van der Waals surface area (Å²) in [7, 11) is 0. The van der Waals surface area contributed by atoms with Crippen LogP contribution in [-0.2, 0) is 0 Å². The van der Waals surface area contributed by atoms with E-state index in [1.807, 2.05) is 30.3 Å². The van der Waals surface area contributed by atoms with Crippen molar-refractivity contribution >= 4 is 11.3 Å². The zero-order valence-corrected chi connectivity index (χ0v) is 11.5. The summed E-state index contributed by atoms with van der Waals surface area (Å²) in [5.41, 5.74) is 1.07. The van der Waals surface area contributed by atoms with Crippen LogP contribution in [0.2, 0.25) is 0 Å². The van der Waals surface area contributed by atoms with Gasteiger partial charge in [0.05, 0.1) is 4.88 Å². The zero-order chi connectivity index (χ0) is 12.5. The van der Waals surface area contributed by atoms with Crippen LogP contribution in [0.25, 0.3) is 0 Å². The van der Waals surface area contributed by atoms with Crippen molar-refractivity contribution in [1.82, 2.24) is 0 Å². The summed E-state index contributed by atoms with van der Waals surface area (Å²) in [6, 6.07) is 14.2. The highest BCUT2D eigenvalue weighted by atomic mass is 32.1. The minimum atomic E-state index is 1.07. The lowest BCUT2D eigenvalue weighted by atomic mass is 10.2. The van der Waals surface area contributed by atoms with Crippen LogP contribution in [0.1, 0.15) is 35.6 Å². The SMILES string of the molecule is CCC.Cc1ccc(C#Cc2ccccc2)s1. The zero-order valence-electron chi connectivity index (χ0n) is 10.7. The summed E-state index contributed by atoms with van der Waals surface area (Å²) in [6.07, 6.45) is 1.25. The van der Waals surface area contributed by atoms with E-state index in [1.165, 1.54) is 11.3 Å². The third-order valence-corrected chi connectivity index (χ3v) is 2.76. The predicted octanol–water partition coefficient (Wildman–Crippen LogP) is 4.87. The average Bonchev–Trinajstić information content (AvgIpc) is 2.75. The molecule has 2 aromatic rings. The molecule has 17 heavy (non-hydrogen) atoms. The van der Waals surface area contributed by atoms with Gasteiger partial charge in [0.2, 0.25) is 0 Å². The van der Waals surface area contributed by atoms with Gasteiger partial charge in [0.1, 0.15) is 0 Å². The van der Waals surface area contributed by atoms with Crippen molar-refractivity contribution in [2.45, 2.75) is 27.2 Å². The third-order valence-electron chi connectivity index (χ3n) is 1.84. The second-order valence-corrected chi connectivity index (χ2v) is 5.02. The molecule has 0 amide bonds. The number of hydrogen-bond donors (Lipinski definition) is 0. The van der Waals surface area contributed by atoms with Crippen molar-refractivity contribution in [2.24, 2.45) is 0 Å². The van der Waals surface area contributed by atoms with Gasteiger partial charge >= 0.3 is 0 Å². The van der Waals surface area contributed by atoms with E-state index in [2.05, 4.69) is 44.7 Å². The van der Waals surface area contributed by atoms with Gasteiger partial charge in [0.15, 0.2) is 0 Å². The van der Waals surface area contributed by atoms with Gasteiger partial charge in [-0.3, -0.25) is 0 Å². The Morgan fingerprint density at radius 2 is 1.59 bits per heavy atom. The largest absolute Gasteiger partial charge is 0.132 e. The van der Waals surface area contributed by atoms with Crippen LogP contribution in [0.3, 0.4) is 0 Å². The van der Waals surface area contributed by atoms with Crippen molar-refractivity contribution in [1.29, 1.82) is 0 Å². The highest BCUT2D eigenvalue weighted by Crippen LogP contribution is 2.13. The standard InChI is InChI=1S/C13H10S.C3H8/c1-11-7-9-13(14-11)10-8-12-5-3-2-4-6-12;1-3-2/h2-7,9H,1H3;3H2,1-2H3. The van der Waals surface area contributed by atoms with E-state index in [4.69, 9.17) is 0 Å². The molecular formula is C16H18S. The van der Waals surface area contributed by atoms with Crippen LogP contribution >= 0.6 is 11.3 Å². The molecule has 2 rings (SSSR count). The first-order valence-corrected chi connectivity index (χ1v) is 6.71. The molecule has 0 spiro atoms. The van der Waals surface area contributed by atoms with Crippen LogP contribution < -0.4 is 0 Å². The fourth-order valence-corrected chi connectivity index (χ4v) is 1.88. The predicted molar refractivity (Wildman–Crippen MR) is 77.4 cm³/mol. The molecule has 0 radical (unpaired) electrons. The Morgan fingerprint density at radius 3 is 2.12 bits per heavy atom. The Bertz CT molecular complexity index is 483. The molecule has 0 bridgehead atoms. The molecule has 0 atom stereocenters. The maximum absolute atomic E-state index is 3.15. The molecule has 1 heteroatoms. The highest BCUT2D eigenvalue weighted by molar-refractivity contribution is 7.12. The fraction of sp³-hybridized carbons (Fsp3) is 0.250. The van der Waals surface area contributed by atoms with E-state index in [0.29, 0.717) is 0 Å². The summed E-state index contributed by atoms with van der Waals surface area (Å²) in [5, 5.41) is 0. The summed E-state index contributed by atoms with van der Waals surface area (Å²) in [6.45, 7) is 6.35. The minimum absolute atomic E-state index is 1.07. The number of hydrogen-bond acceptors (Lipinski definition) is 1. The van der Waals surface area contributed by atoms with Crippen molar-refractivity contribution < 1.29 is 0 Å². The van der Waals surface area contributed by atoms with E-state index in [-0.39, 0.29) is 0 Å². The molecule has 0 saturated carbocycles. The lowest BCUT2D eigenvalue weighted by Gasteiger charge is -1.85. The smallest absolute Gasteiger partial charge is 0.0775 e. The highest BCUT2D eigenvalue weighted by Gasteiger charge is 1.90. The van der Waals surface area contributed by atoms with Crippen LogP contribution in [0, 0.1) is 18.8 Å². The van der Waals surface area contributed by atoms with Crippen LogP contribution in [0.15, 0.2) is 42.5 Å². The quantitative estimate of drug-likeness (QED) is 0.578. The van der Waals surface area contributed by atoms with Gasteiger partial charge < -0.3 is 0 Å². The monoisotopic (exact) mass is 242 g/mol. The molecule has 0 aliphatic heterocycles. The van der Waals surface area contributed by atoms with Crippen LogP contribution in [-0.4, -0.2) is 0 Å². The van der Waals surface area contributed by atoms with E-state index < -0.39 is 0 Å². The Hall–Kier alpha value is -1.52. The summed E-state index contributed by atoms with van der Waals surface area (Å²) < 4.78 is 0. The fourth-order valence-electron chi connectivity index (χ4n) is 1.16. The molecule has 1 heterocycles. The molecule has 0 nitrogen and oxygen atoms in total.